The number of nitrogens with zero attached hydrogens (tertiary/aromatic N) is 1. The molecule has 1 aromatic carbocycles. The highest BCUT2D eigenvalue weighted by Crippen LogP contribution is 2.29. The number of thiocarbonyl (C=S) groups is 1. The van der Waals surface area contributed by atoms with Gasteiger partial charge in [-0.15, -0.1) is 0 Å². The van der Waals surface area contributed by atoms with Gasteiger partial charge in [-0.2, -0.15) is 0 Å². The van der Waals surface area contributed by atoms with Crippen molar-refractivity contribution < 1.29 is 9.47 Å². The van der Waals surface area contributed by atoms with Crippen molar-refractivity contribution in [1.29, 1.82) is 0 Å². The number of ether oxygens (including phenoxy) is 2. The van der Waals surface area contributed by atoms with Crippen LogP contribution in [0.4, 0.5) is 0 Å². The monoisotopic (exact) mass is 285 g/mol. The van der Waals surface area contributed by atoms with E-state index in [1.54, 1.807) is 0 Å². The molecule has 0 radical (unpaired) electrons. The Labute approximate surface area is 118 Å². The average molecular weight is 286 g/mol. The molecule has 1 fully saturated rings. The van der Waals surface area contributed by atoms with E-state index in [1.807, 2.05) is 36.1 Å². The maximum atomic E-state index is 5.95. The van der Waals surface area contributed by atoms with E-state index in [0.717, 1.165) is 31.0 Å². The van der Waals surface area contributed by atoms with Crippen LogP contribution in [0.15, 0.2) is 24.3 Å². The lowest BCUT2D eigenvalue weighted by atomic mass is 10.3. The van der Waals surface area contributed by atoms with Crippen molar-refractivity contribution >= 4 is 28.3 Å². The third-order valence-electron chi connectivity index (χ3n) is 2.84. The summed E-state index contributed by atoms with van der Waals surface area (Å²) in [4.78, 5) is 1.95. The van der Waals surface area contributed by atoms with E-state index < -0.39 is 0 Å². The lowest BCUT2D eigenvalue weighted by Gasteiger charge is -2.17. The van der Waals surface area contributed by atoms with Crippen molar-refractivity contribution in [2.45, 2.75) is 19.4 Å². The van der Waals surface area contributed by atoms with Crippen LogP contribution in [-0.4, -0.2) is 35.1 Å². The molecule has 1 aliphatic heterocycles. The maximum Gasteiger partial charge on any atom is 0.170 e. The van der Waals surface area contributed by atoms with Crippen LogP contribution in [0, 0.1) is 0 Å². The molecule has 0 bridgehead atoms. The second-order valence-corrected chi connectivity index (χ2v) is 5.08. The molecule has 0 aliphatic carbocycles. The third-order valence-corrected chi connectivity index (χ3v) is 3.33. The highest BCUT2D eigenvalue weighted by atomic mass is 35.5. The molecule has 0 aromatic heterocycles. The van der Waals surface area contributed by atoms with Gasteiger partial charge in [0.05, 0.1) is 13.2 Å². The van der Waals surface area contributed by atoms with E-state index in [0.29, 0.717) is 11.1 Å². The van der Waals surface area contributed by atoms with Crippen LogP contribution in [-0.2, 0) is 0 Å². The number of benzene rings is 1. The minimum Gasteiger partial charge on any atom is -0.490 e. The van der Waals surface area contributed by atoms with Gasteiger partial charge >= 0.3 is 0 Å². The van der Waals surface area contributed by atoms with Crippen LogP contribution in [0.5, 0.6) is 11.5 Å². The first-order chi connectivity index (χ1) is 8.70. The molecule has 1 aliphatic rings. The Hall–Kier alpha value is -1.00. The predicted molar refractivity (Wildman–Crippen MR) is 76.7 cm³/mol. The first kappa shape index (κ1) is 13.4. The van der Waals surface area contributed by atoms with Gasteiger partial charge in [0.15, 0.2) is 15.9 Å². The molecule has 18 heavy (non-hydrogen) atoms. The molecule has 0 amide bonds. The SMILES string of the molecule is CCOc1ccccc1OC1CCN(C(=S)Cl)C1. The maximum absolute atomic E-state index is 5.95. The number of hydrogen-bond donors (Lipinski definition) is 0. The lowest BCUT2D eigenvalue weighted by Crippen LogP contribution is -2.26. The Morgan fingerprint density at radius 3 is 2.78 bits per heavy atom. The Morgan fingerprint density at radius 2 is 2.17 bits per heavy atom. The molecule has 1 unspecified atom stereocenters. The zero-order valence-corrected chi connectivity index (χ0v) is 11.8. The van der Waals surface area contributed by atoms with Crippen LogP contribution in [0.1, 0.15) is 13.3 Å². The molecular formula is C13H16ClNO2S. The van der Waals surface area contributed by atoms with Crippen molar-refractivity contribution in [2.75, 3.05) is 19.7 Å². The number of halogens is 1. The van der Waals surface area contributed by atoms with Crippen LogP contribution in [0.2, 0.25) is 0 Å². The van der Waals surface area contributed by atoms with Crippen LogP contribution < -0.4 is 9.47 Å². The fourth-order valence-corrected chi connectivity index (χ4v) is 2.31. The first-order valence-electron chi connectivity index (χ1n) is 6.03. The van der Waals surface area contributed by atoms with E-state index in [1.165, 1.54) is 0 Å². The summed E-state index contributed by atoms with van der Waals surface area (Å²) in [5.41, 5.74) is 0. The number of likely N-dealkylation sites (tertiary alicyclic amines) is 1. The summed E-state index contributed by atoms with van der Waals surface area (Å²) < 4.78 is 11.9. The van der Waals surface area contributed by atoms with E-state index in [9.17, 15) is 0 Å². The summed E-state index contributed by atoms with van der Waals surface area (Å²) in [5, 5.41) is 0. The molecule has 0 N–H and O–H groups in total. The highest BCUT2D eigenvalue weighted by Gasteiger charge is 2.25. The standard InChI is InChI=1S/C13H16ClNO2S/c1-2-16-11-5-3-4-6-12(11)17-10-7-8-15(9-10)13(14)18/h3-6,10H,2,7-9H2,1H3. The van der Waals surface area contributed by atoms with Gasteiger partial charge < -0.3 is 14.4 Å². The molecule has 0 saturated carbocycles. The molecule has 1 saturated heterocycles. The Balaban J connectivity index is 2.00. The summed E-state index contributed by atoms with van der Waals surface area (Å²) in [6, 6.07) is 7.72. The fraction of sp³-hybridized carbons (Fsp3) is 0.462. The van der Waals surface area contributed by atoms with Gasteiger partial charge in [-0.25, -0.2) is 0 Å². The average Bonchev–Trinajstić information content (AvgIpc) is 2.81. The molecular weight excluding hydrogens is 270 g/mol. The molecule has 1 atom stereocenters. The molecule has 1 aromatic rings. The Morgan fingerprint density at radius 1 is 1.44 bits per heavy atom. The van der Waals surface area contributed by atoms with Crippen molar-refractivity contribution in [3.8, 4) is 11.5 Å². The second-order valence-electron chi connectivity index (χ2n) is 4.11. The van der Waals surface area contributed by atoms with Crippen molar-refractivity contribution in [2.24, 2.45) is 0 Å². The zero-order valence-electron chi connectivity index (χ0n) is 10.3. The molecule has 1 heterocycles. The van der Waals surface area contributed by atoms with Crippen molar-refractivity contribution in [3.05, 3.63) is 24.3 Å². The summed E-state index contributed by atoms with van der Waals surface area (Å²) >= 11 is 10.8. The molecule has 5 heteroatoms. The minimum absolute atomic E-state index is 0.114. The van der Waals surface area contributed by atoms with E-state index in [4.69, 9.17) is 33.3 Å². The molecule has 0 spiro atoms. The second kappa shape index (κ2) is 6.25. The quantitative estimate of drug-likeness (QED) is 0.481. The van der Waals surface area contributed by atoms with Gasteiger partial charge in [0, 0.05) is 13.0 Å². The van der Waals surface area contributed by atoms with Crippen molar-refractivity contribution in [3.63, 3.8) is 0 Å². The predicted octanol–water partition coefficient (Wildman–Crippen LogP) is 3.06. The summed E-state index contributed by atoms with van der Waals surface area (Å²) in [6.45, 7) is 4.18. The van der Waals surface area contributed by atoms with Gasteiger partial charge in [0.1, 0.15) is 6.10 Å². The van der Waals surface area contributed by atoms with Gasteiger partial charge in [-0.1, -0.05) is 23.7 Å². The minimum atomic E-state index is 0.114. The smallest absolute Gasteiger partial charge is 0.170 e. The van der Waals surface area contributed by atoms with Crippen LogP contribution in [0.25, 0.3) is 0 Å². The first-order valence-corrected chi connectivity index (χ1v) is 6.82. The van der Waals surface area contributed by atoms with Crippen LogP contribution >= 0.6 is 23.8 Å². The number of hydrogen-bond acceptors (Lipinski definition) is 3. The molecule has 3 nitrogen and oxygen atoms in total. The normalized spacial score (nSPS) is 18.8. The Kier molecular flexibility index (Phi) is 4.66. The fourth-order valence-electron chi connectivity index (χ4n) is 1.99. The van der Waals surface area contributed by atoms with Gasteiger partial charge in [0.25, 0.3) is 0 Å². The highest BCUT2D eigenvalue weighted by molar-refractivity contribution is 7.83. The number of rotatable bonds is 4. The van der Waals surface area contributed by atoms with Gasteiger partial charge in [0.2, 0.25) is 0 Å². The van der Waals surface area contributed by atoms with E-state index in [-0.39, 0.29) is 6.10 Å². The summed E-state index contributed by atoms with van der Waals surface area (Å²) in [5.74, 6) is 1.57. The van der Waals surface area contributed by atoms with Crippen molar-refractivity contribution in [1.82, 2.24) is 4.90 Å². The molecule has 98 valence electrons. The van der Waals surface area contributed by atoms with Crippen LogP contribution in [0.3, 0.4) is 0 Å². The topological polar surface area (TPSA) is 21.7 Å². The largest absolute Gasteiger partial charge is 0.490 e. The lowest BCUT2D eigenvalue weighted by molar-refractivity contribution is 0.201. The van der Waals surface area contributed by atoms with E-state index >= 15 is 0 Å². The zero-order chi connectivity index (χ0) is 13.0. The number of para-hydroxylation sites is 2. The van der Waals surface area contributed by atoms with Gasteiger partial charge in [-0.3, -0.25) is 0 Å². The summed E-state index contributed by atoms with van der Waals surface area (Å²) in [6.07, 6.45) is 1.04. The third kappa shape index (κ3) is 3.27. The summed E-state index contributed by atoms with van der Waals surface area (Å²) in [7, 11) is 0. The van der Waals surface area contributed by atoms with Gasteiger partial charge in [-0.05, 0) is 31.3 Å². The molecule has 2 rings (SSSR count). The van der Waals surface area contributed by atoms with E-state index in [2.05, 4.69) is 0 Å². The Bertz CT molecular complexity index is 427.